The summed E-state index contributed by atoms with van der Waals surface area (Å²) in [4.78, 5) is 17.6. The van der Waals surface area contributed by atoms with Crippen LogP contribution in [0.1, 0.15) is 12.1 Å². The van der Waals surface area contributed by atoms with Crippen molar-refractivity contribution in [3.63, 3.8) is 0 Å². The van der Waals surface area contributed by atoms with Crippen molar-refractivity contribution in [2.75, 3.05) is 18.0 Å². The summed E-state index contributed by atoms with van der Waals surface area (Å²) in [7, 11) is 0. The Hall–Kier alpha value is -1.32. The van der Waals surface area contributed by atoms with E-state index in [0.29, 0.717) is 0 Å². The van der Waals surface area contributed by atoms with E-state index < -0.39 is 21.0 Å². The smallest absolute Gasteiger partial charge is 0.371 e. The van der Waals surface area contributed by atoms with Crippen molar-refractivity contribution in [2.45, 2.75) is 12.6 Å². The van der Waals surface area contributed by atoms with Crippen LogP contribution in [0.25, 0.3) is 5.65 Å². The zero-order chi connectivity index (χ0) is 14.5. The Labute approximate surface area is 125 Å². The fourth-order valence-electron chi connectivity index (χ4n) is 2.06. The van der Waals surface area contributed by atoms with Crippen LogP contribution in [0.5, 0.6) is 0 Å². The number of hydrogen-bond donors (Lipinski definition) is 0. The van der Waals surface area contributed by atoms with Gasteiger partial charge in [-0.25, -0.2) is 4.98 Å². The fourth-order valence-corrected chi connectivity index (χ4v) is 2.75. The highest BCUT2D eigenvalue weighted by atomic mass is 127. The van der Waals surface area contributed by atoms with E-state index in [-0.39, 0.29) is 5.65 Å². The number of anilines is 1. The zero-order valence-electron chi connectivity index (χ0n) is 10.1. The molecule has 0 aliphatic carbocycles. The summed E-state index contributed by atoms with van der Waals surface area (Å²) in [5, 5.41) is 0. The fraction of sp³-hybridized carbons (Fsp3) is 0.333. The van der Waals surface area contributed by atoms with Crippen LogP contribution >= 0.6 is 22.6 Å². The summed E-state index contributed by atoms with van der Waals surface area (Å²) in [6, 6.07) is 3.24. The van der Waals surface area contributed by atoms with E-state index in [1.807, 2.05) is 4.90 Å². The molecule has 0 amide bonds. The van der Waals surface area contributed by atoms with Gasteiger partial charge in [0.1, 0.15) is 9.22 Å². The van der Waals surface area contributed by atoms with Gasteiger partial charge in [0.05, 0.1) is 0 Å². The van der Waals surface area contributed by atoms with E-state index in [0.717, 1.165) is 29.6 Å². The van der Waals surface area contributed by atoms with E-state index in [4.69, 9.17) is 0 Å². The van der Waals surface area contributed by atoms with Crippen LogP contribution in [0.2, 0.25) is 0 Å². The lowest BCUT2D eigenvalue weighted by Gasteiger charge is -2.33. The van der Waals surface area contributed by atoms with Crippen molar-refractivity contribution in [1.29, 1.82) is 0 Å². The van der Waals surface area contributed by atoms with Crippen molar-refractivity contribution in [3.8, 4) is 0 Å². The van der Waals surface area contributed by atoms with E-state index >= 15 is 0 Å². The van der Waals surface area contributed by atoms with Gasteiger partial charge < -0.3 is 4.90 Å². The number of hydrogen-bond acceptors (Lipinski definition) is 3. The first-order valence-electron chi connectivity index (χ1n) is 5.92. The average Bonchev–Trinajstić information content (AvgIpc) is 2.30. The number of halogens is 4. The monoisotopic (exact) mass is 395 g/mol. The molecule has 0 saturated carbocycles. The van der Waals surface area contributed by atoms with Gasteiger partial charge in [0, 0.05) is 31.0 Å². The largest absolute Gasteiger partial charge is 0.434 e. The molecule has 2 aromatic rings. The molecule has 1 saturated heterocycles. The van der Waals surface area contributed by atoms with Crippen LogP contribution in [0.15, 0.2) is 23.1 Å². The molecular formula is C12H9F3IN3O. The molecule has 106 valence electrons. The highest BCUT2D eigenvalue weighted by Crippen LogP contribution is 2.30. The van der Waals surface area contributed by atoms with Gasteiger partial charge in [0.2, 0.25) is 0 Å². The van der Waals surface area contributed by atoms with Crippen LogP contribution < -0.4 is 10.5 Å². The van der Waals surface area contributed by atoms with Gasteiger partial charge >= 0.3 is 6.18 Å². The first-order chi connectivity index (χ1) is 9.38. The Morgan fingerprint density at radius 3 is 2.55 bits per heavy atom. The van der Waals surface area contributed by atoms with E-state index in [1.54, 1.807) is 6.07 Å². The highest BCUT2D eigenvalue weighted by Gasteiger charge is 2.36. The van der Waals surface area contributed by atoms with Crippen molar-refractivity contribution >= 4 is 33.9 Å². The minimum Gasteiger partial charge on any atom is -0.371 e. The molecule has 1 aliphatic heterocycles. The Balaban J connectivity index is 2.23. The van der Waals surface area contributed by atoms with Crippen molar-refractivity contribution in [2.24, 2.45) is 0 Å². The molecule has 0 aromatic carbocycles. The summed E-state index contributed by atoms with van der Waals surface area (Å²) in [6.45, 7) is 1.74. The molecule has 3 rings (SSSR count). The Bertz CT molecular complexity index is 737. The van der Waals surface area contributed by atoms with Crippen molar-refractivity contribution in [3.05, 3.63) is 37.9 Å². The molecule has 1 fully saturated rings. The number of rotatable bonds is 1. The quantitative estimate of drug-likeness (QED) is 0.697. The van der Waals surface area contributed by atoms with Gasteiger partial charge in [-0.15, -0.1) is 0 Å². The number of fused-ring (bicyclic) bond motifs is 1. The normalized spacial score (nSPS) is 15.5. The molecule has 0 radical (unpaired) electrons. The summed E-state index contributed by atoms with van der Waals surface area (Å²) in [5.41, 5.74) is -1.01. The highest BCUT2D eigenvalue weighted by molar-refractivity contribution is 14.1. The van der Waals surface area contributed by atoms with Crippen LogP contribution in [0.3, 0.4) is 0 Å². The van der Waals surface area contributed by atoms with Crippen LogP contribution in [0, 0.1) is 3.57 Å². The molecule has 0 N–H and O–H groups in total. The second-order valence-electron chi connectivity index (χ2n) is 4.53. The molecule has 0 bridgehead atoms. The van der Waals surface area contributed by atoms with Gasteiger partial charge in [-0.1, -0.05) is 0 Å². The second kappa shape index (κ2) is 4.61. The molecule has 0 spiro atoms. The van der Waals surface area contributed by atoms with Gasteiger partial charge in [-0.3, -0.25) is 9.20 Å². The molecule has 8 heteroatoms. The topological polar surface area (TPSA) is 37.6 Å². The Morgan fingerprint density at radius 1 is 1.30 bits per heavy atom. The number of alkyl halides is 3. The summed E-state index contributed by atoms with van der Waals surface area (Å²) >= 11 is 1.39. The first-order valence-corrected chi connectivity index (χ1v) is 7.00. The summed E-state index contributed by atoms with van der Waals surface area (Å²) < 4.78 is 39.3. The molecule has 20 heavy (non-hydrogen) atoms. The zero-order valence-corrected chi connectivity index (χ0v) is 12.3. The maximum absolute atomic E-state index is 12.9. The minimum atomic E-state index is -4.63. The predicted molar refractivity (Wildman–Crippen MR) is 76.0 cm³/mol. The molecule has 0 atom stereocenters. The molecule has 2 aromatic heterocycles. The SMILES string of the molecule is O=c1c(I)c(C(F)(F)F)nc2cc(N3CCC3)ccn12. The maximum atomic E-state index is 12.9. The Kier molecular flexibility index (Phi) is 3.14. The maximum Gasteiger partial charge on any atom is 0.434 e. The first kappa shape index (κ1) is 13.7. The summed E-state index contributed by atoms with van der Waals surface area (Å²) in [5.74, 6) is 0. The van der Waals surface area contributed by atoms with E-state index in [9.17, 15) is 18.0 Å². The Morgan fingerprint density at radius 2 is 2.00 bits per heavy atom. The van der Waals surface area contributed by atoms with Gasteiger partial charge in [0.15, 0.2) is 5.69 Å². The number of nitrogens with zero attached hydrogens (tertiary/aromatic N) is 3. The summed E-state index contributed by atoms with van der Waals surface area (Å²) in [6.07, 6.45) is -2.09. The number of aromatic nitrogens is 2. The van der Waals surface area contributed by atoms with E-state index in [1.165, 1.54) is 34.9 Å². The molecule has 1 aliphatic rings. The van der Waals surface area contributed by atoms with Crippen LogP contribution in [-0.4, -0.2) is 22.5 Å². The second-order valence-corrected chi connectivity index (χ2v) is 5.61. The van der Waals surface area contributed by atoms with Gasteiger partial charge in [-0.05, 0) is 35.1 Å². The van der Waals surface area contributed by atoms with Crippen LogP contribution in [-0.2, 0) is 6.18 Å². The van der Waals surface area contributed by atoms with Crippen molar-refractivity contribution < 1.29 is 13.2 Å². The number of pyridine rings is 1. The molecule has 4 nitrogen and oxygen atoms in total. The minimum absolute atomic E-state index is 0.0205. The average molecular weight is 395 g/mol. The lowest BCUT2D eigenvalue weighted by molar-refractivity contribution is -0.141. The molecular weight excluding hydrogens is 386 g/mol. The third kappa shape index (κ3) is 2.15. The third-order valence-corrected chi connectivity index (χ3v) is 4.22. The van der Waals surface area contributed by atoms with Crippen LogP contribution in [0.4, 0.5) is 18.9 Å². The molecule has 3 heterocycles. The molecule has 0 unspecified atom stereocenters. The predicted octanol–water partition coefficient (Wildman–Crippen LogP) is 2.53. The van der Waals surface area contributed by atoms with E-state index in [2.05, 4.69) is 4.98 Å². The third-order valence-electron chi connectivity index (χ3n) is 3.25. The lowest BCUT2D eigenvalue weighted by atomic mass is 10.2. The van der Waals surface area contributed by atoms with Crippen molar-refractivity contribution in [1.82, 2.24) is 9.38 Å². The standard InChI is InChI=1S/C12H9F3IN3O/c13-12(14,15)10-9(16)11(20)19-5-2-7(6-8(19)17-10)18-3-1-4-18/h2,5-6H,1,3-4H2. The lowest BCUT2D eigenvalue weighted by Crippen LogP contribution is -2.37. The van der Waals surface area contributed by atoms with Gasteiger partial charge in [0.25, 0.3) is 5.56 Å². The van der Waals surface area contributed by atoms with Gasteiger partial charge in [-0.2, -0.15) is 13.2 Å².